The minimum atomic E-state index is -0.751. The minimum Gasteiger partial charge on any atom is -0.398 e. The van der Waals surface area contributed by atoms with E-state index in [0.29, 0.717) is 10.6 Å². The lowest BCUT2D eigenvalue weighted by atomic mass is 10.1. The number of thioether (sulfide) groups is 1. The van der Waals surface area contributed by atoms with E-state index in [-0.39, 0.29) is 10.6 Å². The lowest BCUT2D eigenvalue weighted by Crippen LogP contribution is -2.12. The molecule has 4 nitrogen and oxygen atoms in total. The lowest BCUT2D eigenvalue weighted by molar-refractivity contribution is -0.479. The Morgan fingerprint density at radius 3 is 2.62 bits per heavy atom. The Kier molecular flexibility index (Phi) is 5.03. The average molecular weight is 327 g/mol. The van der Waals surface area contributed by atoms with Crippen molar-refractivity contribution in [1.82, 2.24) is 0 Å². The minimum absolute atomic E-state index is 0.129. The SMILES string of the molecule is Nc1ccccc1S[C@H](C[N+](=O)[O-])c1c(F)cccc1Cl. The van der Waals surface area contributed by atoms with Gasteiger partial charge in [-0.15, -0.1) is 11.8 Å². The van der Waals surface area contributed by atoms with Crippen molar-refractivity contribution in [2.75, 3.05) is 12.3 Å². The second-order valence-electron chi connectivity index (χ2n) is 4.29. The molecule has 0 saturated carbocycles. The molecule has 0 amide bonds. The van der Waals surface area contributed by atoms with Gasteiger partial charge in [0.2, 0.25) is 6.54 Å². The maximum Gasteiger partial charge on any atom is 0.220 e. The first-order valence-corrected chi connectivity index (χ1v) is 7.31. The maximum atomic E-state index is 14.0. The Labute approximate surface area is 130 Å². The van der Waals surface area contributed by atoms with Crippen LogP contribution >= 0.6 is 23.4 Å². The summed E-state index contributed by atoms with van der Waals surface area (Å²) in [4.78, 5) is 11.0. The van der Waals surface area contributed by atoms with Gasteiger partial charge >= 0.3 is 0 Å². The van der Waals surface area contributed by atoms with Crippen LogP contribution in [0.5, 0.6) is 0 Å². The molecule has 0 spiro atoms. The summed E-state index contributed by atoms with van der Waals surface area (Å²) in [5.41, 5.74) is 6.45. The van der Waals surface area contributed by atoms with E-state index < -0.39 is 22.5 Å². The highest BCUT2D eigenvalue weighted by Crippen LogP contribution is 2.41. The molecule has 0 aliphatic rings. The molecule has 0 saturated heterocycles. The van der Waals surface area contributed by atoms with E-state index in [1.165, 1.54) is 18.2 Å². The van der Waals surface area contributed by atoms with Crippen molar-refractivity contribution >= 4 is 29.1 Å². The van der Waals surface area contributed by atoms with E-state index in [1.807, 2.05) is 0 Å². The van der Waals surface area contributed by atoms with Crippen molar-refractivity contribution in [3.8, 4) is 0 Å². The standard InChI is InChI=1S/C14H12ClFN2O2S/c15-9-4-3-5-10(16)14(9)13(8-18(19)20)21-12-7-2-1-6-11(12)17/h1-7,13H,8,17H2/t13-/m1/s1. The van der Waals surface area contributed by atoms with Crippen LogP contribution in [0, 0.1) is 15.9 Å². The number of nitrogen functional groups attached to an aromatic ring is 1. The van der Waals surface area contributed by atoms with Gasteiger partial charge in [-0.25, -0.2) is 4.39 Å². The topological polar surface area (TPSA) is 69.2 Å². The number of nitrogens with zero attached hydrogens (tertiary/aromatic N) is 1. The lowest BCUT2D eigenvalue weighted by Gasteiger charge is -2.16. The molecule has 21 heavy (non-hydrogen) atoms. The van der Waals surface area contributed by atoms with Crippen molar-refractivity contribution < 1.29 is 9.31 Å². The highest BCUT2D eigenvalue weighted by Gasteiger charge is 2.25. The molecule has 0 aromatic heterocycles. The first-order chi connectivity index (χ1) is 9.99. The maximum absolute atomic E-state index is 14.0. The van der Waals surface area contributed by atoms with Crippen LogP contribution in [0.4, 0.5) is 10.1 Å². The molecule has 2 N–H and O–H groups in total. The zero-order valence-electron chi connectivity index (χ0n) is 10.8. The summed E-state index contributed by atoms with van der Waals surface area (Å²) in [6.07, 6.45) is 0. The normalized spacial score (nSPS) is 12.1. The van der Waals surface area contributed by atoms with Crippen LogP contribution < -0.4 is 5.73 Å². The fourth-order valence-electron chi connectivity index (χ4n) is 1.88. The molecule has 2 aromatic carbocycles. The van der Waals surface area contributed by atoms with Crippen LogP contribution in [0.2, 0.25) is 5.02 Å². The quantitative estimate of drug-likeness (QED) is 0.387. The Bertz CT molecular complexity index is 649. The fourth-order valence-corrected chi connectivity index (χ4v) is 3.46. The van der Waals surface area contributed by atoms with E-state index in [0.717, 1.165) is 11.8 Å². The molecular formula is C14H12ClFN2O2S. The molecular weight excluding hydrogens is 315 g/mol. The van der Waals surface area contributed by atoms with Crippen LogP contribution in [-0.4, -0.2) is 11.5 Å². The highest BCUT2D eigenvalue weighted by atomic mass is 35.5. The summed E-state index contributed by atoms with van der Waals surface area (Å²) in [6, 6.07) is 11.2. The largest absolute Gasteiger partial charge is 0.398 e. The third-order valence-corrected chi connectivity index (χ3v) is 4.45. The van der Waals surface area contributed by atoms with Crippen LogP contribution in [0.15, 0.2) is 47.4 Å². The zero-order valence-corrected chi connectivity index (χ0v) is 12.4. The number of rotatable bonds is 5. The summed E-state index contributed by atoms with van der Waals surface area (Å²) >= 11 is 7.14. The van der Waals surface area contributed by atoms with Crippen LogP contribution in [0.25, 0.3) is 0 Å². The predicted molar refractivity (Wildman–Crippen MR) is 82.7 cm³/mol. The molecule has 0 fully saturated rings. The molecule has 0 unspecified atom stereocenters. The first-order valence-electron chi connectivity index (χ1n) is 6.06. The van der Waals surface area contributed by atoms with Gasteiger partial charge in [0, 0.05) is 26.1 Å². The van der Waals surface area contributed by atoms with Crippen molar-refractivity contribution in [2.45, 2.75) is 10.1 Å². The summed E-state index contributed by atoms with van der Waals surface area (Å²) in [5.74, 6) is -0.559. The highest BCUT2D eigenvalue weighted by molar-refractivity contribution is 7.99. The van der Waals surface area contributed by atoms with E-state index in [1.54, 1.807) is 24.3 Å². The zero-order chi connectivity index (χ0) is 15.4. The van der Waals surface area contributed by atoms with Gasteiger partial charge in [-0.3, -0.25) is 10.1 Å². The van der Waals surface area contributed by atoms with Crippen molar-refractivity contribution in [2.24, 2.45) is 0 Å². The molecule has 7 heteroatoms. The molecule has 0 aliphatic heterocycles. The molecule has 2 rings (SSSR count). The third-order valence-electron chi connectivity index (χ3n) is 2.82. The van der Waals surface area contributed by atoms with Gasteiger partial charge in [0.05, 0.1) is 0 Å². The van der Waals surface area contributed by atoms with Crippen molar-refractivity contribution in [1.29, 1.82) is 0 Å². The number of para-hydroxylation sites is 1. The van der Waals surface area contributed by atoms with Gasteiger partial charge in [0.15, 0.2) is 0 Å². The van der Waals surface area contributed by atoms with Gasteiger partial charge in [0.25, 0.3) is 0 Å². The summed E-state index contributed by atoms with van der Waals surface area (Å²) in [6.45, 7) is -0.445. The molecule has 0 radical (unpaired) electrons. The third kappa shape index (κ3) is 3.86. The number of halogens is 2. The Hall–Kier alpha value is -1.79. The summed E-state index contributed by atoms with van der Waals surface area (Å²) in [5, 5.41) is 10.3. The molecule has 0 aliphatic carbocycles. The van der Waals surface area contributed by atoms with Crippen molar-refractivity contribution in [3.05, 3.63) is 69.0 Å². The molecule has 1 atom stereocenters. The van der Waals surface area contributed by atoms with E-state index in [2.05, 4.69) is 0 Å². The van der Waals surface area contributed by atoms with E-state index in [4.69, 9.17) is 17.3 Å². The average Bonchev–Trinajstić information content (AvgIpc) is 2.40. The monoisotopic (exact) mass is 326 g/mol. The summed E-state index contributed by atoms with van der Waals surface area (Å²) < 4.78 is 14.0. The Morgan fingerprint density at radius 1 is 1.29 bits per heavy atom. The predicted octanol–water partition coefficient (Wildman–Crippen LogP) is 4.17. The summed E-state index contributed by atoms with van der Waals surface area (Å²) in [7, 11) is 0. The second kappa shape index (κ2) is 6.78. The van der Waals surface area contributed by atoms with Crippen LogP contribution in [-0.2, 0) is 0 Å². The molecule has 0 heterocycles. The first kappa shape index (κ1) is 15.6. The van der Waals surface area contributed by atoms with Gasteiger partial charge in [0.1, 0.15) is 11.1 Å². The van der Waals surface area contributed by atoms with Crippen LogP contribution in [0.1, 0.15) is 10.8 Å². The van der Waals surface area contributed by atoms with E-state index in [9.17, 15) is 14.5 Å². The number of hydrogen-bond acceptors (Lipinski definition) is 4. The van der Waals surface area contributed by atoms with Crippen LogP contribution in [0.3, 0.4) is 0 Å². The van der Waals surface area contributed by atoms with E-state index >= 15 is 0 Å². The van der Waals surface area contributed by atoms with Gasteiger partial charge in [-0.1, -0.05) is 29.8 Å². The smallest absolute Gasteiger partial charge is 0.220 e. The molecule has 2 aromatic rings. The van der Waals surface area contributed by atoms with Crippen molar-refractivity contribution in [3.63, 3.8) is 0 Å². The second-order valence-corrected chi connectivity index (χ2v) is 5.95. The van der Waals surface area contributed by atoms with Gasteiger partial charge in [-0.05, 0) is 24.3 Å². The number of nitrogens with two attached hydrogens (primary N) is 1. The number of anilines is 1. The molecule has 110 valence electrons. The van der Waals surface area contributed by atoms with Gasteiger partial charge < -0.3 is 5.73 Å². The van der Waals surface area contributed by atoms with Gasteiger partial charge in [-0.2, -0.15) is 0 Å². The number of hydrogen-bond donors (Lipinski definition) is 1. The fraction of sp³-hybridized carbons (Fsp3) is 0.143. The number of nitro groups is 1. The number of benzene rings is 2. The molecule has 0 bridgehead atoms. The Morgan fingerprint density at radius 2 is 2.00 bits per heavy atom. The Balaban J connectivity index is 2.40.